The molecule has 0 amide bonds. The molecule has 0 saturated carbocycles. The van der Waals surface area contributed by atoms with E-state index in [4.69, 9.17) is 9.84 Å². The Bertz CT molecular complexity index is 353. The molecule has 0 aliphatic carbocycles. The maximum absolute atomic E-state index is 9.14. The topological polar surface area (TPSA) is 44.7 Å². The summed E-state index contributed by atoms with van der Waals surface area (Å²) in [5.74, 6) is 0. The lowest BCUT2D eigenvalue weighted by Crippen LogP contribution is -2.44. The molecular weight excluding hydrogens is 228 g/mol. The van der Waals surface area contributed by atoms with Crippen molar-refractivity contribution in [3.05, 3.63) is 29.8 Å². The summed E-state index contributed by atoms with van der Waals surface area (Å²) in [7, 11) is 0. The molecule has 100 valence electrons. The molecule has 1 fully saturated rings. The Hall–Kier alpha value is -1.10. The zero-order valence-corrected chi connectivity index (χ0v) is 10.9. The number of morpholine rings is 1. The fourth-order valence-electron chi connectivity index (χ4n) is 2.16. The molecule has 0 bridgehead atoms. The van der Waals surface area contributed by atoms with E-state index >= 15 is 0 Å². The smallest absolute Gasteiger partial charge is 0.0980 e. The van der Waals surface area contributed by atoms with Crippen LogP contribution in [0.15, 0.2) is 24.3 Å². The predicted molar refractivity (Wildman–Crippen MR) is 72.9 cm³/mol. The first-order chi connectivity index (χ1) is 8.83. The minimum absolute atomic E-state index is 0.0554. The summed E-state index contributed by atoms with van der Waals surface area (Å²) in [6.45, 7) is 6.45. The zero-order valence-electron chi connectivity index (χ0n) is 10.9. The number of nitrogens with one attached hydrogen (secondary N) is 1. The summed E-state index contributed by atoms with van der Waals surface area (Å²) in [6, 6.07) is 8.60. The van der Waals surface area contributed by atoms with Gasteiger partial charge in [0.05, 0.1) is 19.3 Å². The molecule has 1 saturated heterocycles. The van der Waals surface area contributed by atoms with Gasteiger partial charge >= 0.3 is 0 Å². The van der Waals surface area contributed by atoms with Crippen molar-refractivity contribution in [2.75, 3.05) is 37.7 Å². The van der Waals surface area contributed by atoms with Crippen molar-refractivity contribution in [2.45, 2.75) is 19.6 Å². The molecule has 18 heavy (non-hydrogen) atoms. The van der Waals surface area contributed by atoms with Crippen molar-refractivity contribution in [2.24, 2.45) is 0 Å². The third kappa shape index (κ3) is 3.45. The van der Waals surface area contributed by atoms with E-state index in [9.17, 15) is 0 Å². The highest BCUT2D eigenvalue weighted by atomic mass is 16.5. The summed E-state index contributed by atoms with van der Waals surface area (Å²) in [5.41, 5.74) is 2.50. The SMILES string of the molecule is CCNCc1ccc(N2CCOC(CO)C2)cc1. The van der Waals surface area contributed by atoms with E-state index in [0.717, 1.165) is 26.2 Å². The van der Waals surface area contributed by atoms with Crippen molar-refractivity contribution in [1.29, 1.82) is 0 Å². The van der Waals surface area contributed by atoms with Gasteiger partial charge < -0.3 is 20.1 Å². The highest BCUT2D eigenvalue weighted by Gasteiger charge is 2.19. The van der Waals surface area contributed by atoms with Gasteiger partial charge in [0.2, 0.25) is 0 Å². The van der Waals surface area contributed by atoms with E-state index in [2.05, 4.69) is 41.4 Å². The van der Waals surface area contributed by atoms with Crippen LogP contribution in [0.25, 0.3) is 0 Å². The van der Waals surface area contributed by atoms with Crippen LogP contribution in [-0.2, 0) is 11.3 Å². The van der Waals surface area contributed by atoms with Crippen LogP contribution in [0.4, 0.5) is 5.69 Å². The number of hydrogen-bond acceptors (Lipinski definition) is 4. The molecule has 2 rings (SSSR count). The molecule has 0 aromatic heterocycles. The Morgan fingerprint density at radius 2 is 2.17 bits per heavy atom. The summed E-state index contributed by atoms with van der Waals surface area (Å²) >= 11 is 0. The minimum Gasteiger partial charge on any atom is -0.394 e. The first-order valence-electron chi connectivity index (χ1n) is 6.60. The number of hydrogen-bond donors (Lipinski definition) is 2. The molecule has 1 aliphatic heterocycles. The van der Waals surface area contributed by atoms with Crippen LogP contribution in [0.5, 0.6) is 0 Å². The molecule has 1 aromatic rings. The Kier molecular flexibility index (Phi) is 4.99. The van der Waals surface area contributed by atoms with Crippen LogP contribution in [0.3, 0.4) is 0 Å². The number of ether oxygens (including phenoxy) is 1. The molecule has 1 aromatic carbocycles. The largest absolute Gasteiger partial charge is 0.394 e. The molecule has 0 radical (unpaired) electrons. The van der Waals surface area contributed by atoms with Gasteiger partial charge in [-0.25, -0.2) is 0 Å². The first kappa shape index (κ1) is 13.3. The number of rotatable bonds is 5. The fraction of sp³-hybridized carbons (Fsp3) is 0.571. The average molecular weight is 250 g/mol. The van der Waals surface area contributed by atoms with Crippen LogP contribution in [0, 0.1) is 0 Å². The third-order valence-electron chi connectivity index (χ3n) is 3.22. The zero-order chi connectivity index (χ0) is 12.8. The molecule has 1 atom stereocenters. The molecular formula is C14H22N2O2. The lowest BCUT2D eigenvalue weighted by molar-refractivity contribution is 0.00357. The van der Waals surface area contributed by atoms with Crippen LogP contribution in [-0.4, -0.2) is 44.1 Å². The second kappa shape index (κ2) is 6.73. The summed E-state index contributed by atoms with van der Waals surface area (Å²) in [6.07, 6.45) is -0.0554. The van der Waals surface area contributed by atoms with Crippen LogP contribution >= 0.6 is 0 Å². The second-order valence-electron chi connectivity index (χ2n) is 4.57. The van der Waals surface area contributed by atoms with E-state index < -0.39 is 0 Å². The van der Waals surface area contributed by atoms with E-state index in [1.165, 1.54) is 11.3 Å². The summed E-state index contributed by atoms with van der Waals surface area (Å²) in [5, 5.41) is 12.5. The van der Waals surface area contributed by atoms with Gasteiger partial charge in [-0.1, -0.05) is 19.1 Å². The van der Waals surface area contributed by atoms with Crippen molar-refractivity contribution in [3.63, 3.8) is 0 Å². The van der Waals surface area contributed by atoms with Crippen LogP contribution < -0.4 is 10.2 Å². The third-order valence-corrected chi connectivity index (χ3v) is 3.22. The molecule has 1 aliphatic rings. The number of nitrogens with zero attached hydrogens (tertiary/aromatic N) is 1. The van der Waals surface area contributed by atoms with Gasteiger partial charge in [-0.05, 0) is 24.2 Å². The number of benzene rings is 1. The Balaban J connectivity index is 1.96. The van der Waals surface area contributed by atoms with Gasteiger partial charge in [0.1, 0.15) is 0 Å². The number of aliphatic hydroxyl groups excluding tert-OH is 1. The normalized spacial score (nSPS) is 20.1. The highest BCUT2D eigenvalue weighted by Crippen LogP contribution is 2.18. The van der Waals surface area contributed by atoms with Gasteiger partial charge in [0, 0.05) is 25.3 Å². The molecule has 1 unspecified atom stereocenters. The number of anilines is 1. The Labute approximate surface area is 109 Å². The maximum Gasteiger partial charge on any atom is 0.0980 e. The van der Waals surface area contributed by atoms with E-state index in [1.54, 1.807) is 0 Å². The van der Waals surface area contributed by atoms with E-state index in [1.807, 2.05) is 0 Å². The van der Waals surface area contributed by atoms with Gasteiger partial charge in [0.15, 0.2) is 0 Å². The Morgan fingerprint density at radius 1 is 1.39 bits per heavy atom. The maximum atomic E-state index is 9.14. The molecule has 4 nitrogen and oxygen atoms in total. The first-order valence-corrected chi connectivity index (χ1v) is 6.60. The van der Waals surface area contributed by atoms with Crippen LogP contribution in [0.1, 0.15) is 12.5 Å². The quantitative estimate of drug-likeness (QED) is 0.818. The molecule has 4 heteroatoms. The average Bonchev–Trinajstić information content (AvgIpc) is 2.46. The molecule has 2 N–H and O–H groups in total. The lowest BCUT2D eigenvalue weighted by Gasteiger charge is -2.33. The number of aliphatic hydroxyl groups is 1. The Morgan fingerprint density at radius 3 is 2.83 bits per heavy atom. The van der Waals surface area contributed by atoms with Gasteiger partial charge in [-0.2, -0.15) is 0 Å². The van der Waals surface area contributed by atoms with Gasteiger partial charge in [-0.3, -0.25) is 0 Å². The fourth-order valence-corrected chi connectivity index (χ4v) is 2.16. The predicted octanol–water partition coefficient (Wildman–Crippen LogP) is 0.994. The van der Waals surface area contributed by atoms with Gasteiger partial charge in [0.25, 0.3) is 0 Å². The monoisotopic (exact) mass is 250 g/mol. The van der Waals surface area contributed by atoms with Gasteiger partial charge in [-0.15, -0.1) is 0 Å². The molecule has 1 heterocycles. The lowest BCUT2D eigenvalue weighted by atomic mass is 10.1. The van der Waals surface area contributed by atoms with E-state index in [0.29, 0.717) is 6.61 Å². The summed E-state index contributed by atoms with van der Waals surface area (Å²) < 4.78 is 5.45. The standard InChI is InChI=1S/C14H22N2O2/c1-2-15-9-12-3-5-13(6-4-12)16-7-8-18-14(10-16)11-17/h3-6,14-15,17H,2,7-11H2,1H3. The van der Waals surface area contributed by atoms with E-state index in [-0.39, 0.29) is 12.7 Å². The highest BCUT2D eigenvalue weighted by molar-refractivity contribution is 5.48. The van der Waals surface area contributed by atoms with Crippen molar-refractivity contribution >= 4 is 5.69 Å². The van der Waals surface area contributed by atoms with Crippen molar-refractivity contribution in [1.82, 2.24) is 5.32 Å². The second-order valence-corrected chi connectivity index (χ2v) is 4.57. The van der Waals surface area contributed by atoms with Crippen LogP contribution in [0.2, 0.25) is 0 Å². The summed E-state index contributed by atoms with van der Waals surface area (Å²) in [4.78, 5) is 2.27. The van der Waals surface area contributed by atoms with Crippen molar-refractivity contribution < 1.29 is 9.84 Å². The minimum atomic E-state index is -0.0554. The van der Waals surface area contributed by atoms with Crippen molar-refractivity contribution in [3.8, 4) is 0 Å². The molecule has 0 spiro atoms.